The largest absolute Gasteiger partial charge is 0.468 e. The summed E-state index contributed by atoms with van der Waals surface area (Å²) in [7, 11) is -0.729. The van der Waals surface area contributed by atoms with Gasteiger partial charge in [-0.05, 0) is 12.8 Å². The molecule has 0 aromatic carbocycles. The van der Waals surface area contributed by atoms with Crippen LogP contribution < -0.4 is 4.72 Å². The average Bonchev–Trinajstić information content (AvgIpc) is 2.90. The Morgan fingerprint density at radius 3 is 2.43 bits per heavy atom. The first-order chi connectivity index (χ1) is 10.8. The zero-order valence-corrected chi connectivity index (χ0v) is 15.0. The minimum Gasteiger partial charge on any atom is -0.468 e. The molecule has 0 aliphatic heterocycles. The average molecular weight is 346 g/mol. The molecule has 8 nitrogen and oxygen atoms in total. The Balaban J connectivity index is 2.92. The SMILES string of the molecule is CCCN(CCC)S(=O)(=O)N[C@@H](Cc1cn(C)cn1)C(=O)OC. The molecule has 0 radical (unpaired) electrons. The van der Waals surface area contributed by atoms with E-state index in [-0.39, 0.29) is 6.42 Å². The van der Waals surface area contributed by atoms with E-state index in [1.165, 1.54) is 11.4 Å². The van der Waals surface area contributed by atoms with Gasteiger partial charge in [0.05, 0.1) is 19.1 Å². The quantitative estimate of drug-likeness (QED) is 0.621. The summed E-state index contributed by atoms with van der Waals surface area (Å²) >= 11 is 0. The molecule has 0 spiro atoms. The van der Waals surface area contributed by atoms with E-state index in [4.69, 9.17) is 4.74 Å². The second-order valence-electron chi connectivity index (χ2n) is 5.33. The van der Waals surface area contributed by atoms with Crippen molar-refractivity contribution >= 4 is 16.2 Å². The number of carbonyl (C=O) groups is 1. The summed E-state index contributed by atoms with van der Waals surface area (Å²) in [5.41, 5.74) is 0.614. The number of imidazole rings is 1. The van der Waals surface area contributed by atoms with Gasteiger partial charge >= 0.3 is 5.97 Å². The molecule has 23 heavy (non-hydrogen) atoms. The maximum absolute atomic E-state index is 12.5. The number of aromatic nitrogens is 2. The van der Waals surface area contributed by atoms with Crippen LogP contribution >= 0.6 is 0 Å². The molecule has 0 aliphatic rings. The zero-order chi connectivity index (χ0) is 17.5. The highest BCUT2D eigenvalue weighted by atomic mass is 32.2. The van der Waals surface area contributed by atoms with Crippen LogP contribution in [0.1, 0.15) is 32.4 Å². The van der Waals surface area contributed by atoms with Crippen LogP contribution in [-0.4, -0.2) is 54.5 Å². The molecule has 0 aliphatic carbocycles. The van der Waals surface area contributed by atoms with Gasteiger partial charge in [-0.3, -0.25) is 4.79 Å². The summed E-state index contributed by atoms with van der Waals surface area (Å²) in [6.45, 7) is 4.62. The van der Waals surface area contributed by atoms with Crippen molar-refractivity contribution in [3.63, 3.8) is 0 Å². The van der Waals surface area contributed by atoms with Gasteiger partial charge in [-0.2, -0.15) is 17.4 Å². The van der Waals surface area contributed by atoms with Crippen molar-refractivity contribution in [2.75, 3.05) is 20.2 Å². The monoisotopic (exact) mass is 346 g/mol. The lowest BCUT2D eigenvalue weighted by atomic mass is 10.2. The highest BCUT2D eigenvalue weighted by Crippen LogP contribution is 2.07. The molecule has 0 fully saturated rings. The number of methoxy groups -OCH3 is 1. The lowest BCUT2D eigenvalue weighted by molar-refractivity contribution is -0.142. The molecule has 1 rings (SSSR count). The van der Waals surface area contributed by atoms with Crippen LogP contribution in [0.4, 0.5) is 0 Å². The van der Waals surface area contributed by atoms with Crippen molar-refractivity contribution in [2.45, 2.75) is 39.2 Å². The Bertz CT molecular complexity index is 594. The minimum absolute atomic E-state index is 0.138. The van der Waals surface area contributed by atoms with Crippen LogP contribution in [0.2, 0.25) is 0 Å². The van der Waals surface area contributed by atoms with E-state index in [0.717, 1.165) is 0 Å². The van der Waals surface area contributed by atoms with Crippen molar-refractivity contribution in [1.29, 1.82) is 0 Å². The van der Waals surface area contributed by atoms with E-state index in [0.29, 0.717) is 31.6 Å². The molecule has 132 valence electrons. The maximum atomic E-state index is 12.5. The zero-order valence-electron chi connectivity index (χ0n) is 14.2. The number of esters is 1. The molecule has 1 aromatic rings. The Kier molecular flexibility index (Phi) is 7.66. The molecule has 1 aromatic heterocycles. The van der Waals surface area contributed by atoms with Crippen LogP contribution in [0.25, 0.3) is 0 Å². The van der Waals surface area contributed by atoms with E-state index in [1.54, 1.807) is 24.1 Å². The van der Waals surface area contributed by atoms with Crippen LogP contribution in [0, 0.1) is 0 Å². The van der Waals surface area contributed by atoms with Gasteiger partial charge in [0.25, 0.3) is 10.2 Å². The van der Waals surface area contributed by atoms with Gasteiger partial charge in [-0.15, -0.1) is 0 Å². The summed E-state index contributed by atoms with van der Waals surface area (Å²) in [4.78, 5) is 16.1. The lowest BCUT2D eigenvalue weighted by Crippen LogP contribution is -2.50. The first-order valence-corrected chi connectivity index (χ1v) is 9.10. The van der Waals surface area contributed by atoms with Crippen molar-refractivity contribution in [3.8, 4) is 0 Å². The molecule has 0 saturated carbocycles. The molecule has 1 heterocycles. The number of aryl methyl sites for hydroxylation is 1. The van der Waals surface area contributed by atoms with Crippen molar-refractivity contribution in [3.05, 3.63) is 18.2 Å². The fourth-order valence-corrected chi connectivity index (χ4v) is 3.74. The Morgan fingerprint density at radius 1 is 1.39 bits per heavy atom. The molecule has 0 bridgehead atoms. The second-order valence-corrected chi connectivity index (χ2v) is 7.03. The number of nitrogens with one attached hydrogen (secondary N) is 1. The predicted octanol–water partition coefficient (Wildman–Crippen LogP) is 0.461. The highest BCUT2D eigenvalue weighted by molar-refractivity contribution is 7.87. The first-order valence-electron chi connectivity index (χ1n) is 7.66. The van der Waals surface area contributed by atoms with Gasteiger partial charge in [0, 0.05) is 32.8 Å². The summed E-state index contributed by atoms with van der Waals surface area (Å²) in [5.74, 6) is -0.632. The van der Waals surface area contributed by atoms with Crippen LogP contribution in [0.15, 0.2) is 12.5 Å². The van der Waals surface area contributed by atoms with E-state index in [9.17, 15) is 13.2 Å². The number of hydrogen-bond donors (Lipinski definition) is 1. The van der Waals surface area contributed by atoms with Crippen LogP contribution in [0.3, 0.4) is 0 Å². The van der Waals surface area contributed by atoms with Gasteiger partial charge in [0.2, 0.25) is 0 Å². The summed E-state index contributed by atoms with van der Waals surface area (Å²) in [5, 5.41) is 0. The highest BCUT2D eigenvalue weighted by Gasteiger charge is 2.29. The Morgan fingerprint density at radius 2 is 2.00 bits per heavy atom. The molecule has 0 saturated heterocycles. The van der Waals surface area contributed by atoms with E-state index < -0.39 is 22.2 Å². The number of hydrogen-bond acceptors (Lipinski definition) is 5. The molecule has 1 atom stereocenters. The van der Waals surface area contributed by atoms with Gasteiger partial charge in [0.1, 0.15) is 6.04 Å². The predicted molar refractivity (Wildman–Crippen MR) is 86.9 cm³/mol. The summed E-state index contributed by atoms with van der Waals surface area (Å²) in [6, 6.07) is -1.00. The summed E-state index contributed by atoms with van der Waals surface area (Å²) in [6.07, 6.45) is 4.87. The smallest absolute Gasteiger partial charge is 0.324 e. The molecule has 1 N–H and O–H groups in total. The van der Waals surface area contributed by atoms with Crippen molar-refractivity contribution < 1.29 is 17.9 Å². The second kappa shape index (κ2) is 8.99. The Hall–Kier alpha value is -1.45. The molecular formula is C14H26N4O4S. The molecule has 0 amide bonds. The van der Waals surface area contributed by atoms with E-state index >= 15 is 0 Å². The minimum atomic E-state index is -3.77. The fraction of sp³-hybridized carbons (Fsp3) is 0.714. The van der Waals surface area contributed by atoms with Crippen LogP contribution in [0.5, 0.6) is 0 Å². The van der Waals surface area contributed by atoms with Gasteiger partial charge in [0.15, 0.2) is 0 Å². The third-order valence-corrected chi connectivity index (χ3v) is 4.86. The fourth-order valence-electron chi connectivity index (χ4n) is 2.20. The lowest BCUT2D eigenvalue weighted by Gasteiger charge is -2.24. The molecular weight excluding hydrogens is 320 g/mol. The van der Waals surface area contributed by atoms with Gasteiger partial charge in [-0.1, -0.05) is 13.8 Å². The number of nitrogens with zero attached hydrogens (tertiary/aromatic N) is 3. The molecule has 0 unspecified atom stereocenters. The normalized spacial score (nSPS) is 13.3. The van der Waals surface area contributed by atoms with Gasteiger partial charge in [-0.25, -0.2) is 4.98 Å². The Labute approximate surface area is 138 Å². The topological polar surface area (TPSA) is 93.5 Å². The maximum Gasteiger partial charge on any atom is 0.324 e. The molecule has 9 heteroatoms. The van der Waals surface area contributed by atoms with E-state index in [2.05, 4.69) is 9.71 Å². The van der Waals surface area contributed by atoms with Crippen molar-refractivity contribution in [2.24, 2.45) is 7.05 Å². The standard InChI is InChI=1S/C14H26N4O4S/c1-5-7-18(8-6-2)23(20,21)16-13(14(19)22-4)9-12-10-17(3)11-15-12/h10-11,13,16H,5-9H2,1-4H3/t13-/m0/s1. The van der Waals surface area contributed by atoms with Crippen LogP contribution in [-0.2, 0) is 33.2 Å². The summed E-state index contributed by atoms with van der Waals surface area (Å²) < 4.78 is 35.3. The number of carbonyl (C=O) groups excluding carboxylic acids is 1. The van der Waals surface area contributed by atoms with E-state index in [1.807, 2.05) is 13.8 Å². The third-order valence-electron chi connectivity index (χ3n) is 3.23. The van der Waals surface area contributed by atoms with Gasteiger partial charge < -0.3 is 9.30 Å². The first kappa shape index (κ1) is 19.6. The number of ether oxygens (including phenoxy) is 1. The van der Waals surface area contributed by atoms with Crippen molar-refractivity contribution in [1.82, 2.24) is 18.6 Å². The third kappa shape index (κ3) is 5.92. The number of rotatable bonds is 10.